The van der Waals surface area contributed by atoms with E-state index < -0.39 is 10.0 Å². The number of aromatic nitrogens is 2. The standard InChI is InChI=1S/C12H16ClN3O2S2/c1-2-9-5-3-4-6-16(9)20(17,18)11-10(13)14-12-15(11)7-8-19-12/h7-9H,2-6H2,1H3. The van der Waals surface area contributed by atoms with Gasteiger partial charge in [-0.2, -0.15) is 4.31 Å². The van der Waals surface area contributed by atoms with Crippen molar-refractivity contribution in [3.8, 4) is 0 Å². The molecule has 0 aliphatic carbocycles. The lowest BCUT2D eigenvalue weighted by Gasteiger charge is -2.33. The molecule has 0 radical (unpaired) electrons. The predicted molar refractivity (Wildman–Crippen MR) is 79.9 cm³/mol. The van der Waals surface area contributed by atoms with Gasteiger partial charge in [0.1, 0.15) is 0 Å². The highest BCUT2D eigenvalue weighted by Gasteiger charge is 2.36. The molecule has 3 rings (SSSR count). The fourth-order valence-corrected chi connectivity index (χ4v) is 5.96. The molecule has 1 fully saturated rings. The van der Waals surface area contributed by atoms with E-state index in [9.17, 15) is 8.42 Å². The van der Waals surface area contributed by atoms with Gasteiger partial charge in [0.05, 0.1) is 0 Å². The van der Waals surface area contributed by atoms with Crippen molar-refractivity contribution in [3.05, 3.63) is 16.7 Å². The molecule has 20 heavy (non-hydrogen) atoms. The highest BCUT2D eigenvalue weighted by Crippen LogP contribution is 2.32. The van der Waals surface area contributed by atoms with Crippen LogP contribution >= 0.6 is 22.9 Å². The Labute approximate surface area is 127 Å². The quantitative estimate of drug-likeness (QED) is 0.867. The zero-order chi connectivity index (χ0) is 14.3. The maximum atomic E-state index is 12.9. The fraction of sp³-hybridized carbons (Fsp3) is 0.583. The molecule has 0 saturated carbocycles. The monoisotopic (exact) mass is 333 g/mol. The number of rotatable bonds is 3. The van der Waals surface area contributed by atoms with E-state index in [0.717, 1.165) is 25.7 Å². The largest absolute Gasteiger partial charge is 0.279 e. The molecule has 0 aromatic carbocycles. The van der Waals surface area contributed by atoms with Gasteiger partial charge in [-0.25, -0.2) is 13.4 Å². The Morgan fingerprint density at radius 1 is 1.50 bits per heavy atom. The summed E-state index contributed by atoms with van der Waals surface area (Å²) in [6.07, 6.45) is 5.43. The predicted octanol–water partition coefficient (Wildman–Crippen LogP) is 3.00. The van der Waals surface area contributed by atoms with Crippen LogP contribution < -0.4 is 0 Å². The summed E-state index contributed by atoms with van der Waals surface area (Å²) in [4.78, 5) is 4.74. The summed E-state index contributed by atoms with van der Waals surface area (Å²) in [5, 5.41) is 1.98. The van der Waals surface area contributed by atoms with Crippen molar-refractivity contribution in [3.63, 3.8) is 0 Å². The van der Waals surface area contributed by atoms with Crippen LogP contribution in [0.25, 0.3) is 4.96 Å². The Hall–Kier alpha value is -0.630. The first-order chi connectivity index (χ1) is 9.55. The molecule has 110 valence electrons. The average molecular weight is 334 g/mol. The molecule has 5 nitrogen and oxygen atoms in total. The van der Waals surface area contributed by atoms with Crippen LogP contribution in [0.1, 0.15) is 32.6 Å². The maximum Gasteiger partial charge on any atom is 0.262 e. The summed E-state index contributed by atoms with van der Waals surface area (Å²) >= 11 is 7.45. The molecule has 0 amide bonds. The minimum absolute atomic E-state index is 0.0639. The summed E-state index contributed by atoms with van der Waals surface area (Å²) in [5.41, 5.74) is 0. The SMILES string of the molecule is CCC1CCCCN1S(=O)(=O)c1c(Cl)nc2sccn12. The zero-order valence-corrected chi connectivity index (χ0v) is 13.5. The van der Waals surface area contributed by atoms with E-state index in [1.165, 1.54) is 11.3 Å². The number of halogens is 1. The summed E-state index contributed by atoms with van der Waals surface area (Å²) in [6, 6.07) is 0.0639. The van der Waals surface area contributed by atoms with E-state index in [0.29, 0.717) is 11.5 Å². The van der Waals surface area contributed by atoms with Gasteiger partial charge in [-0.1, -0.05) is 24.9 Å². The van der Waals surface area contributed by atoms with E-state index in [2.05, 4.69) is 4.98 Å². The van der Waals surface area contributed by atoms with E-state index in [-0.39, 0.29) is 16.2 Å². The lowest BCUT2D eigenvalue weighted by atomic mass is 10.0. The van der Waals surface area contributed by atoms with Crippen LogP contribution in [0, 0.1) is 0 Å². The summed E-state index contributed by atoms with van der Waals surface area (Å²) in [7, 11) is -3.60. The fourth-order valence-electron chi connectivity index (χ4n) is 2.78. The van der Waals surface area contributed by atoms with Crippen molar-refractivity contribution in [1.29, 1.82) is 0 Å². The Kier molecular flexibility index (Phi) is 3.79. The molecule has 2 aromatic rings. The second-order valence-electron chi connectivity index (χ2n) is 4.94. The average Bonchev–Trinajstić information content (AvgIpc) is 2.97. The lowest BCUT2D eigenvalue weighted by molar-refractivity contribution is 0.246. The van der Waals surface area contributed by atoms with Gasteiger partial charge in [0, 0.05) is 24.2 Å². The molecule has 0 bridgehead atoms. The van der Waals surface area contributed by atoms with Gasteiger partial charge in [0.25, 0.3) is 10.0 Å². The first-order valence-corrected chi connectivity index (χ1v) is 9.38. The Morgan fingerprint density at radius 3 is 3.05 bits per heavy atom. The molecule has 3 heterocycles. The molecular formula is C12H16ClN3O2S2. The number of piperidine rings is 1. The van der Waals surface area contributed by atoms with Gasteiger partial charge in [-0.05, 0) is 19.3 Å². The topological polar surface area (TPSA) is 54.7 Å². The highest BCUT2D eigenvalue weighted by atomic mass is 35.5. The first kappa shape index (κ1) is 14.3. The van der Waals surface area contributed by atoms with Crippen LogP contribution in [-0.4, -0.2) is 34.7 Å². The lowest BCUT2D eigenvalue weighted by Crippen LogP contribution is -2.43. The minimum atomic E-state index is -3.60. The third-order valence-electron chi connectivity index (χ3n) is 3.78. The number of thiazole rings is 1. The summed E-state index contributed by atoms with van der Waals surface area (Å²) in [6.45, 7) is 2.59. The van der Waals surface area contributed by atoms with Crippen LogP contribution in [0.3, 0.4) is 0 Å². The maximum absolute atomic E-state index is 12.9. The molecule has 8 heteroatoms. The van der Waals surface area contributed by atoms with E-state index >= 15 is 0 Å². The molecular weight excluding hydrogens is 318 g/mol. The smallest absolute Gasteiger partial charge is 0.262 e. The van der Waals surface area contributed by atoms with E-state index in [4.69, 9.17) is 11.6 Å². The van der Waals surface area contributed by atoms with Gasteiger partial charge in [0.2, 0.25) is 0 Å². The Balaban J connectivity index is 2.11. The minimum Gasteiger partial charge on any atom is -0.279 e. The number of fused-ring (bicyclic) bond motifs is 1. The number of hydrogen-bond donors (Lipinski definition) is 0. The van der Waals surface area contributed by atoms with E-state index in [1.54, 1.807) is 14.9 Å². The number of imidazole rings is 1. The second kappa shape index (κ2) is 5.29. The highest BCUT2D eigenvalue weighted by molar-refractivity contribution is 7.89. The van der Waals surface area contributed by atoms with Gasteiger partial charge >= 0.3 is 0 Å². The number of sulfonamides is 1. The van der Waals surface area contributed by atoms with Crippen molar-refractivity contribution in [2.24, 2.45) is 0 Å². The third-order valence-corrected chi connectivity index (χ3v) is 6.89. The van der Waals surface area contributed by atoms with Gasteiger partial charge in [-0.3, -0.25) is 4.40 Å². The summed E-state index contributed by atoms with van der Waals surface area (Å²) in [5.74, 6) is 0. The second-order valence-corrected chi connectivity index (χ2v) is 7.97. The van der Waals surface area contributed by atoms with Crippen LogP contribution in [0.15, 0.2) is 16.6 Å². The van der Waals surface area contributed by atoms with Crippen LogP contribution in [0.2, 0.25) is 5.15 Å². The van der Waals surface area contributed by atoms with Crippen molar-refractivity contribution >= 4 is 37.9 Å². The van der Waals surface area contributed by atoms with E-state index in [1.807, 2.05) is 12.3 Å². The van der Waals surface area contributed by atoms with Crippen molar-refractivity contribution < 1.29 is 8.42 Å². The van der Waals surface area contributed by atoms with Gasteiger partial charge in [-0.15, -0.1) is 11.3 Å². The first-order valence-electron chi connectivity index (χ1n) is 6.68. The summed E-state index contributed by atoms with van der Waals surface area (Å²) < 4.78 is 29.0. The van der Waals surface area contributed by atoms with Gasteiger partial charge in [0.15, 0.2) is 15.1 Å². The molecule has 1 aliphatic heterocycles. The number of hydrogen-bond acceptors (Lipinski definition) is 4. The van der Waals surface area contributed by atoms with Crippen LogP contribution in [0.4, 0.5) is 0 Å². The molecule has 0 N–H and O–H groups in total. The number of nitrogens with zero attached hydrogens (tertiary/aromatic N) is 3. The van der Waals surface area contributed by atoms with Crippen LogP contribution in [0.5, 0.6) is 0 Å². The Bertz CT molecular complexity index is 722. The van der Waals surface area contributed by atoms with Crippen molar-refractivity contribution in [2.45, 2.75) is 43.7 Å². The Morgan fingerprint density at radius 2 is 2.30 bits per heavy atom. The zero-order valence-electron chi connectivity index (χ0n) is 11.1. The van der Waals surface area contributed by atoms with Crippen molar-refractivity contribution in [1.82, 2.24) is 13.7 Å². The third kappa shape index (κ3) is 2.16. The van der Waals surface area contributed by atoms with Crippen molar-refractivity contribution in [2.75, 3.05) is 6.54 Å². The molecule has 1 saturated heterocycles. The normalized spacial score (nSPS) is 21.6. The van der Waals surface area contributed by atoms with Gasteiger partial charge < -0.3 is 0 Å². The molecule has 1 unspecified atom stereocenters. The molecule has 1 aliphatic rings. The molecule has 0 spiro atoms. The molecule has 1 atom stereocenters. The molecule has 2 aromatic heterocycles. The van der Waals surface area contributed by atoms with Crippen LogP contribution in [-0.2, 0) is 10.0 Å².